The van der Waals surface area contributed by atoms with Gasteiger partial charge in [-0.2, -0.15) is 0 Å². The number of carbonyl (C=O) groups is 1. The van der Waals surface area contributed by atoms with Gasteiger partial charge in [-0.1, -0.05) is 6.07 Å². The molecule has 19 heavy (non-hydrogen) atoms. The van der Waals surface area contributed by atoms with Crippen molar-refractivity contribution in [3.8, 4) is 5.88 Å². The fourth-order valence-corrected chi connectivity index (χ4v) is 3.02. The Hall–Kier alpha value is -1.82. The molecule has 1 aromatic heterocycles. The molecule has 0 radical (unpaired) electrons. The number of pyridine rings is 1. The summed E-state index contributed by atoms with van der Waals surface area (Å²) in [4.78, 5) is 19.1. The van der Waals surface area contributed by atoms with Gasteiger partial charge in [-0.3, -0.25) is 9.80 Å². The molecule has 2 unspecified atom stereocenters. The summed E-state index contributed by atoms with van der Waals surface area (Å²) in [6, 6.07) is 4.19. The van der Waals surface area contributed by atoms with Crippen LogP contribution in [0.25, 0.3) is 0 Å². The van der Waals surface area contributed by atoms with Crippen LogP contribution in [0.5, 0.6) is 5.88 Å². The van der Waals surface area contributed by atoms with E-state index in [0.717, 1.165) is 31.6 Å². The molecule has 0 saturated carbocycles. The van der Waals surface area contributed by atoms with Crippen molar-refractivity contribution in [3.63, 3.8) is 0 Å². The average molecular weight is 263 g/mol. The van der Waals surface area contributed by atoms with E-state index in [1.807, 2.05) is 18.3 Å². The summed E-state index contributed by atoms with van der Waals surface area (Å²) < 4.78 is 5.03. The molecular formula is C13H17N3O3. The lowest BCUT2D eigenvalue weighted by atomic mass is 9.88. The zero-order valence-corrected chi connectivity index (χ0v) is 10.8. The fraction of sp³-hybridized carbons (Fsp3) is 0.538. The second-order valence-corrected chi connectivity index (χ2v) is 5.14. The normalized spacial score (nSPS) is 25.8. The molecule has 6 heteroatoms. The van der Waals surface area contributed by atoms with E-state index < -0.39 is 6.09 Å². The Balaban J connectivity index is 1.59. The number of amides is 1. The van der Waals surface area contributed by atoms with E-state index in [9.17, 15) is 4.79 Å². The number of methoxy groups -OCH3 is 1. The first-order chi connectivity index (χ1) is 9.17. The molecule has 3 aliphatic rings. The van der Waals surface area contributed by atoms with Crippen LogP contribution in [0.15, 0.2) is 18.3 Å². The predicted octanol–water partition coefficient (Wildman–Crippen LogP) is 1.03. The van der Waals surface area contributed by atoms with Crippen molar-refractivity contribution in [2.45, 2.75) is 25.0 Å². The highest BCUT2D eigenvalue weighted by Gasteiger charge is 2.47. The largest absolute Gasteiger partial charge is 0.481 e. The summed E-state index contributed by atoms with van der Waals surface area (Å²) in [7, 11) is 1.60. The molecule has 4 rings (SSSR count). The fourth-order valence-electron chi connectivity index (χ4n) is 3.02. The Morgan fingerprint density at radius 3 is 2.74 bits per heavy atom. The van der Waals surface area contributed by atoms with Gasteiger partial charge in [-0.25, -0.2) is 9.78 Å². The van der Waals surface area contributed by atoms with Crippen molar-refractivity contribution in [1.29, 1.82) is 0 Å². The number of aromatic nitrogens is 1. The van der Waals surface area contributed by atoms with Crippen molar-refractivity contribution in [3.05, 3.63) is 23.9 Å². The molecule has 3 fully saturated rings. The molecular weight excluding hydrogens is 246 g/mol. The summed E-state index contributed by atoms with van der Waals surface area (Å²) in [5, 5.41) is 9.06. The molecule has 1 aromatic rings. The molecule has 0 aliphatic carbocycles. The first-order valence-corrected chi connectivity index (χ1v) is 6.40. The maximum atomic E-state index is 11.0. The number of hydrogen-bond donors (Lipinski definition) is 1. The van der Waals surface area contributed by atoms with Crippen LogP contribution in [0, 0.1) is 0 Å². The topological polar surface area (TPSA) is 65.9 Å². The second kappa shape index (κ2) is 4.70. The molecule has 4 heterocycles. The third-order valence-electron chi connectivity index (χ3n) is 3.90. The van der Waals surface area contributed by atoms with Gasteiger partial charge < -0.3 is 9.84 Å². The first-order valence-electron chi connectivity index (χ1n) is 6.40. The maximum absolute atomic E-state index is 11.0. The summed E-state index contributed by atoms with van der Waals surface area (Å²) in [6.45, 7) is 2.45. The molecule has 1 N–H and O–H groups in total. The lowest BCUT2D eigenvalue weighted by Crippen LogP contribution is -2.69. The van der Waals surface area contributed by atoms with Crippen LogP contribution in [0.2, 0.25) is 0 Å². The zero-order valence-electron chi connectivity index (χ0n) is 10.8. The van der Waals surface area contributed by atoms with Gasteiger partial charge >= 0.3 is 6.09 Å². The summed E-state index contributed by atoms with van der Waals surface area (Å²) in [5.74, 6) is 0.613. The highest BCUT2D eigenvalue weighted by molar-refractivity contribution is 5.67. The monoisotopic (exact) mass is 263 g/mol. The van der Waals surface area contributed by atoms with Gasteiger partial charge in [0.25, 0.3) is 0 Å². The minimum absolute atomic E-state index is 0.169. The molecule has 1 amide bonds. The number of piperidine rings is 1. The molecule has 2 bridgehead atoms. The number of carboxylic acid groups (broad SMARTS) is 1. The van der Waals surface area contributed by atoms with Gasteiger partial charge in [0, 0.05) is 31.9 Å². The van der Waals surface area contributed by atoms with E-state index in [-0.39, 0.29) is 12.1 Å². The first kappa shape index (κ1) is 12.2. The number of nitrogens with zero attached hydrogens (tertiary/aromatic N) is 3. The van der Waals surface area contributed by atoms with Crippen LogP contribution in [-0.2, 0) is 6.54 Å². The summed E-state index contributed by atoms with van der Waals surface area (Å²) in [5.41, 5.74) is 1.13. The summed E-state index contributed by atoms with van der Waals surface area (Å²) in [6.07, 6.45) is 2.03. The van der Waals surface area contributed by atoms with Crippen molar-refractivity contribution in [1.82, 2.24) is 14.8 Å². The standard InChI is InChI=1S/C13H17N3O3/c1-19-12-3-2-9(5-14-12)6-15-7-10-4-11(8-15)16(10)13(17)18/h2-3,5,10-11H,4,6-8H2,1H3,(H,17,18). The number of piperazine rings is 1. The van der Waals surface area contributed by atoms with E-state index in [4.69, 9.17) is 9.84 Å². The molecule has 0 spiro atoms. The van der Waals surface area contributed by atoms with Crippen molar-refractivity contribution in [2.24, 2.45) is 0 Å². The Bertz CT molecular complexity index is 465. The van der Waals surface area contributed by atoms with Crippen molar-refractivity contribution >= 4 is 6.09 Å². The number of hydrogen-bond acceptors (Lipinski definition) is 4. The number of fused-ring (bicyclic) bond motifs is 2. The predicted molar refractivity (Wildman–Crippen MR) is 68.1 cm³/mol. The number of rotatable bonds is 3. The van der Waals surface area contributed by atoms with Gasteiger partial charge in [0.15, 0.2) is 0 Å². The average Bonchev–Trinajstić information content (AvgIpc) is 2.39. The van der Waals surface area contributed by atoms with Crippen LogP contribution in [0.1, 0.15) is 12.0 Å². The van der Waals surface area contributed by atoms with E-state index in [1.165, 1.54) is 0 Å². The van der Waals surface area contributed by atoms with Crippen LogP contribution in [0.3, 0.4) is 0 Å². The maximum Gasteiger partial charge on any atom is 0.407 e. The Morgan fingerprint density at radius 2 is 2.21 bits per heavy atom. The zero-order chi connectivity index (χ0) is 13.4. The van der Waals surface area contributed by atoms with Crippen molar-refractivity contribution in [2.75, 3.05) is 20.2 Å². The Labute approximate surface area is 111 Å². The third kappa shape index (κ3) is 2.23. The number of ether oxygens (including phenoxy) is 1. The van der Waals surface area contributed by atoms with E-state index in [2.05, 4.69) is 9.88 Å². The molecule has 3 saturated heterocycles. The van der Waals surface area contributed by atoms with Crippen LogP contribution in [-0.4, -0.2) is 58.3 Å². The van der Waals surface area contributed by atoms with Crippen molar-refractivity contribution < 1.29 is 14.6 Å². The van der Waals surface area contributed by atoms with E-state index >= 15 is 0 Å². The lowest BCUT2D eigenvalue weighted by molar-refractivity contribution is -0.0533. The third-order valence-corrected chi connectivity index (χ3v) is 3.90. The smallest absolute Gasteiger partial charge is 0.407 e. The van der Waals surface area contributed by atoms with Gasteiger partial charge in [-0.15, -0.1) is 0 Å². The van der Waals surface area contributed by atoms with Gasteiger partial charge in [0.05, 0.1) is 19.2 Å². The highest BCUT2D eigenvalue weighted by Crippen LogP contribution is 2.32. The molecule has 3 aliphatic heterocycles. The molecule has 2 atom stereocenters. The van der Waals surface area contributed by atoms with Crippen LogP contribution < -0.4 is 4.74 Å². The lowest BCUT2D eigenvalue weighted by Gasteiger charge is -2.54. The van der Waals surface area contributed by atoms with Crippen LogP contribution >= 0.6 is 0 Å². The molecule has 102 valence electrons. The van der Waals surface area contributed by atoms with Gasteiger partial charge in [-0.05, 0) is 12.0 Å². The van der Waals surface area contributed by atoms with Gasteiger partial charge in [0.1, 0.15) is 0 Å². The Morgan fingerprint density at radius 1 is 1.47 bits per heavy atom. The minimum Gasteiger partial charge on any atom is -0.481 e. The van der Waals surface area contributed by atoms with E-state index in [1.54, 1.807) is 12.0 Å². The Kier molecular flexibility index (Phi) is 3.02. The SMILES string of the molecule is COc1ccc(CN2CC3CC(C2)N3C(=O)O)cn1. The van der Waals surface area contributed by atoms with Crippen LogP contribution in [0.4, 0.5) is 4.79 Å². The molecule has 0 aromatic carbocycles. The molecule has 6 nitrogen and oxygen atoms in total. The van der Waals surface area contributed by atoms with Gasteiger partial charge in [0.2, 0.25) is 5.88 Å². The second-order valence-electron chi connectivity index (χ2n) is 5.14. The van der Waals surface area contributed by atoms with E-state index in [0.29, 0.717) is 5.88 Å². The quantitative estimate of drug-likeness (QED) is 0.882. The summed E-state index contributed by atoms with van der Waals surface area (Å²) >= 11 is 0. The highest BCUT2D eigenvalue weighted by atomic mass is 16.5. The minimum atomic E-state index is -0.785.